The number of hydrogen-bond acceptors (Lipinski definition) is 4. The van der Waals surface area contributed by atoms with Crippen molar-refractivity contribution in [2.24, 2.45) is 0 Å². The Kier molecular flexibility index (Phi) is 2.74. The van der Waals surface area contributed by atoms with Gasteiger partial charge in [-0.05, 0) is 31.2 Å². The highest BCUT2D eigenvalue weighted by molar-refractivity contribution is 7.94. The molecule has 0 atom stereocenters. The maximum atomic E-state index is 8.00. The fraction of sp³-hybridized carbons (Fsp3) is 0.111. The lowest BCUT2D eigenvalue weighted by molar-refractivity contribution is -0.432. The van der Waals surface area contributed by atoms with Gasteiger partial charge in [-0.15, -0.1) is 4.33 Å². The molecule has 0 saturated carbocycles. The van der Waals surface area contributed by atoms with Gasteiger partial charge in [0.25, 0.3) is 0 Å². The molecule has 74 valence electrons. The number of nitrogens with one attached hydrogen (secondary N) is 1. The first-order chi connectivity index (χ1) is 6.79. The zero-order valence-electron chi connectivity index (χ0n) is 7.48. The van der Waals surface area contributed by atoms with Crippen molar-refractivity contribution in [1.29, 1.82) is 0 Å². The number of aromatic amines is 1. The Morgan fingerprint density at radius 1 is 1.36 bits per heavy atom. The number of aromatic nitrogens is 1. The molecule has 0 unspecified atom stereocenters. The fourth-order valence-electron chi connectivity index (χ4n) is 1.36. The van der Waals surface area contributed by atoms with Gasteiger partial charge in [0, 0.05) is 21.5 Å². The summed E-state index contributed by atoms with van der Waals surface area (Å²) in [7, 11) is 0. The van der Waals surface area contributed by atoms with Crippen LogP contribution in [0, 0.1) is 6.92 Å². The summed E-state index contributed by atoms with van der Waals surface area (Å²) >= 11 is 0.958. The van der Waals surface area contributed by atoms with Crippen molar-refractivity contribution in [3.05, 3.63) is 30.0 Å². The molecular formula is C9H9NO3S. The van der Waals surface area contributed by atoms with Crippen molar-refractivity contribution >= 4 is 22.9 Å². The third-order valence-corrected chi connectivity index (χ3v) is 2.46. The standard InChI is InChI=1S/C9H9NO3S/c1-6-4-7-5-8(14-13-12-11)2-3-9(7)10-6/h2-5,10-11H,1H3. The minimum Gasteiger partial charge on any atom is -0.359 e. The summed E-state index contributed by atoms with van der Waals surface area (Å²) in [6, 6.07) is 7.81. The van der Waals surface area contributed by atoms with Crippen LogP contribution in [0.1, 0.15) is 5.69 Å². The summed E-state index contributed by atoms with van der Waals surface area (Å²) in [5.41, 5.74) is 2.19. The lowest BCUT2D eigenvalue weighted by Crippen LogP contribution is -1.78. The van der Waals surface area contributed by atoms with Gasteiger partial charge >= 0.3 is 0 Å². The van der Waals surface area contributed by atoms with E-state index in [4.69, 9.17) is 5.26 Å². The summed E-state index contributed by atoms with van der Waals surface area (Å²) < 4.78 is 4.34. The number of H-pyrrole nitrogens is 1. The maximum absolute atomic E-state index is 8.00. The van der Waals surface area contributed by atoms with Crippen LogP contribution in [0.2, 0.25) is 0 Å². The van der Waals surface area contributed by atoms with E-state index in [1.807, 2.05) is 31.2 Å². The highest BCUT2D eigenvalue weighted by Gasteiger charge is 2.00. The molecule has 0 amide bonds. The minimum absolute atomic E-state index is 0.866. The van der Waals surface area contributed by atoms with Crippen molar-refractivity contribution in [1.82, 2.24) is 4.98 Å². The van der Waals surface area contributed by atoms with Gasteiger partial charge in [-0.2, -0.15) is 0 Å². The molecular weight excluding hydrogens is 202 g/mol. The summed E-state index contributed by atoms with van der Waals surface area (Å²) in [6.07, 6.45) is 0. The van der Waals surface area contributed by atoms with E-state index in [0.29, 0.717) is 0 Å². The van der Waals surface area contributed by atoms with E-state index in [9.17, 15) is 0 Å². The first-order valence-corrected chi connectivity index (χ1v) is 4.78. The molecule has 14 heavy (non-hydrogen) atoms. The van der Waals surface area contributed by atoms with Crippen LogP contribution < -0.4 is 0 Å². The van der Waals surface area contributed by atoms with Crippen LogP contribution in [0.4, 0.5) is 0 Å². The van der Waals surface area contributed by atoms with Crippen molar-refractivity contribution in [3.8, 4) is 0 Å². The van der Waals surface area contributed by atoms with Crippen molar-refractivity contribution in [2.75, 3.05) is 0 Å². The maximum Gasteiger partial charge on any atom is 0.0714 e. The van der Waals surface area contributed by atoms with Gasteiger partial charge < -0.3 is 4.98 Å². The molecule has 5 heteroatoms. The quantitative estimate of drug-likeness (QED) is 0.465. The van der Waals surface area contributed by atoms with E-state index in [-0.39, 0.29) is 0 Å². The van der Waals surface area contributed by atoms with Crippen molar-refractivity contribution in [3.63, 3.8) is 0 Å². The van der Waals surface area contributed by atoms with Crippen LogP contribution in [0.3, 0.4) is 0 Å². The molecule has 2 rings (SSSR count). The second-order valence-corrected chi connectivity index (χ2v) is 3.70. The SMILES string of the molecule is Cc1cc2cc(SOOO)ccc2[nH]1. The molecule has 1 aromatic carbocycles. The predicted octanol–water partition coefficient (Wildman–Crippen LogP) is 2.90. The Labute approximate surface area is 84.9 Å². The number of benzene rings is 1. The zero-order valence-corrected chi connectivity index (χ0v) is 8.30. The average molecular weight is 211 g/mol. The van der Waals surface area contributed by atoms with Gasteiger partial charge in [0.15, 0.2) is 0 Å². The van der Waals surface area contributed by atoms with E-state index >= 15 is 0 Å². The molecule has 0 fully saturated rings. The van der Waals surface area contributed by atoms with Gasteiger partial charge in [-0.3, -0.25) is 0 Å². The second-order valence-electron chi connectivity index (χ2n) is 2.93. The van der Waals surface area contributed by atoms with Crippen LogP contribution in [0.5, 0.6) is 0 Å². The Morgan fingerprint density at radius 3 is 3.00 bits per heavy atom. The third-order valence-electron chi connectivity index (χ3n) is 1.89. The highest BCUT2D eigenvalue weighted by Crippen LogP contribution is 2.24. The first kappa shape index (κ1) is 9.54. The Bertz CT molecular complexity index is 441. The van der Waals surface area contributed by atoms with E-state index in [1.54, 1.807) is 0 Å². The van der Waals surface area contributed by atoms with E-state index in [1.165, 1.54) is 0 Å². The van der Waals surface area contributed by atoms with Gasteiger partial charge in [0.05, 0.1) is 12.0 Å². The van der Waals surface area contributed by atoms with Gasteiger partial charge in [-0.1, -0.05) is 5.04 Å². The Morgan fingerprint density at radius 2 is 2.21 bits per heavy atom. The van der Waals surface area contributed by atoms with Crippen LogP contribution >= 0.6 is 12.0 Å². The van der Waals surface area contributed by atoms with Crippen LogP contribution in [-0.4, -0.2) is 10.2 Å². The van der Waals surface area contributed by atoms with Gasteiger partial charge in [-0.25, -0.2) is 5.26 Å². The molecule has 2 N–H and O–H groups in total. The average Bonchev–Trinajstić information content (AvgIpc) is 2.54. The summed E-state index contributed by atoms with van der Waals surface area (Å²) in [5, 5.41) is 12.6. The van der Waals surface area contributed by atoms with Crippen molar-refractivity contribution in [2.45, 2.75) is 11.8 Å². The molecule has 1 aromatic heterocycles. The minimum atomic E-state index is 0.866. The third kappa shape index (κ3) is 1.91. The molecule has 0 aliphatic rings. The van der Waals surface area contributed by atoms with Crippen LogP contribution in [0.25, 0.3) is 10.9 Å². The lowest BCUT2D eigenvalue weighted by atomic mass is 10.2. The molecule has 1 heterocycles. The predicted molar refractivity (Wildman–Crippen MR) is 53.7 cm³/mol. The summed E-state index contributed by atoms with van der Waals surface area (Å²) in [5.74, 6) is 0. The molecule has 4 nitrogen and oxygen atoms in total. The normalized spacial score (nSPS) is 11.0. The Hall–Kier alpha value is -1.01. The molecule has 0 bridgehead atoms. The topological polar surface area (TPSA) is 54.5 Å². The molecule has 0 radical (unpaired) electrons. The largest absolute Gasteiger partial charge is 0.359 e. The molecule has 0 spiro atoms. The first-order valence-electron chi connectivity index (χ1n) is 4.04. The number of rotatable bonds is 3. The zero-order chi connectivity index (χ0) is 9.97. The molecule has 0 saturated heterocycles. The molecule has 0 aliphatic carbocycles. The van der Waals surface area contributed by atoms with E-state index in [2.05, 4.69) is 14.4 Å². The number of fused-ring (bicyclic) bond motifs is 1. The van der Waals surface area contributed by atoms with E-state index in [0.717, 1.165) is 33.5 Å². The van der Waals surface area contributed by atoms with Crippen LogP contribution in [-0.2, 0) is 9.37 Å². The monoisotopic (exact) mass is 211 g/mol. The molecule has 0 aliphatic heterocycles. The fourth-order valence-corrected chi connectivity index (χ4v) is 1.77. The van der Waals surface area contributed by atoms with Crippen molar-refractivity contribution < 1.29 is 14.6 Å². The summed E-state index contributed by atoms with van der Waals surface area (Å²) in [4.78, 5) is 4.08. The highest BCUT2D eigenvalue weighted by atomic mass is 32.2. The number of hydrogen-bond donors (Lipinski definition) is 2. The lowest BCUT2D eigenvalue weighted by Gasteiger charge is -1.96. The van der Waals surface area contributed by atoms with Gasteiger partial charge in [0.1, 0.15) is 0 Å². The number of aryl methyl sites for hydroxylation is 1. The van der Waals surface area contributed by atoms with Gasteiger partial charge in [0.2, 0.25) is 0 Å². The second kappa shape index (κ2) is 4.02. The summed E-state index contributed by atoms with van der Waals surface area (Å²) in [6.45, 7) is 2.00. The molecule has 2 aromatic rings. The van der Waals surface area contributed by atoms with E-state index < -0.39 is 0 Å². The van der Waals surface area contributed by atoms with Crippen LogP contribution in [0.15, 0.2) is 29.2 Å². The Balaban J connectivity index is 2.31. The smallest absolute Gasteiger partial charge is 0.0714 e.